The standard InChI is InChI=1S/C32H33NO11/c1-15(34)42-30-27-23(44-32(2,3)31(30)43-25(37)11-10-24(35)36)14-22(41-7)26-28(27)33(4)19-13-17-16(12-18(19)29(26)38)20(39-5)8-9-21(17)40-6/h8-9,12-14,30-31H,10-11H2,1-7H3,(H,35,36)/t30-,31-/m0/s1. The number of hydrogen-bond acceptors (Lipinski definition) is 10. The summed E-state index contributed by atoms with van der Waals surface area (Å²) in [5.74, 6) is -1.02. The average molecular weight is 608 g/mol. The molecule has 0 aliphatic carbocycles. The number of esters is 2. The van der Waals surface area contributed by atoms with Gasteiger partial charge < -0.3 is 38.1 Å². The lowest BCUT2D eigenvalue weighted by atomic mass is 9.86. The van der Waals surface area contributed by atoms with Crippen molar-refractivity contribution in [3.8, 4) is 23.0 Å². The molecule has 0 radical (unpaired) electrons. The number of benzene rings is 3. The van der Waals surface area contributed by atoms with E-state index in [0.717, 1.165) is 0 Å². The Morgan fingerprint density at radius 3 is 2.09 bits per heavy atom. The van der Waals surface area contributed by atoms with Crippen molar-refractivity contribution in [3.05, 3.63) is 46.1 Å². The van der Waals surface area contributed by atoms with Crippen molar-refractivity contribution in [2.24, 2.45) is 7.05 Å². The second-order valence-corrected chi connectivity index (χ2v) is 11.0. The van der Waals surface area contributed by atoms with Gasteiger partial charge in [-0.15, -0.1) is 0 Å². The summed E-state index contributed by atoms with van der Waals surface area (Å²) in [4.78, 5) is 50.6. The van der Waals surface area contributed by atoms with Crippen LogP contribution < -0.4 is 24.4 Å². The number of carbonyl (C=O) groups is 3. The zero-order valence-electron chi connectivity index (χ0n) is 25.4. The summed E-state index contributed by atoms with van der Waals surface area (Å²) in [6, 6.07) is 8.64. The molecule has 0 unspecified atom stereocenters. The van der Waals surface area contributed by atoms with E-state index >= 15 is 0 Å². The molecular formula is C32H33NO11. The van der Waals surface area contributed by atoms with Crippen molar-refractivity contribution < 1.29 is 47.9 Å². The maximum atomic E-state index is 14.3. The van der Waals surface area contributed by atoms with Crippen molar-refractivity contribution in [1.29, 1.82) is 0 Å². The molecule has 0 saturated carbocycles. The zero-order valence-corrected chi connectivity index (χ0v) is 25.4. The largest absolute Gasteiger partial charge is 0.496 e. The van der Waals surface area contributed by atoms with Crippen LogP contribution in [0.3, 0.4) is 0 Å². The number of methoxy groups -OCH3 is 3. The van der Waals surface area contributed by atoms with Crippen LogP contribution in [0.25, 0.3) is 32.6 Å². The predicted octanol–water partition coefficient (Wildman–Crippen LogP) is 4.42. The Balaban J connectivity index is 1.87. The van der Waals surface area contributed by atoms with Gasteiger partial charge >= 0.3 is 17.9 Å². The summed E-state index contributed by atoms with van der Waals surface area (Å²) in [5, 5.41) is 11.0. The van der Waals surface area contributed by atoms with E-state index in [9.17, 15) is 19.2 Å². The maximum absolute atomic E-state index is 14.3. The van der Waals surface area contributed by atoms with Crippen LogP contribution in [0, 0.1) is 0 Å². The molecule has 1 aliphatic heterocycles. The molecule has 2 atom stereocenters. The molecule has 1 N–H and O–H groups in total. The van der Waals surface area contributed by atoms with E-state index in [4.69, 9.17) is 33.5 Å². The van der Waals surface area contributed by atoms with Gasteiger partial charge in [0, 0.05) is 36.2 Å². The first kappa shape index (κ1) is 30.5. The van der Waals surface area contributed by atoms with E-state index in [1.54, 1.807) is 63.9 Å². The number of nitrogens with zero attached hydrogens (tertiary/aromatic N) is 1. The third-order valence-electron chi connectivity index (χ3n) is 7.86. The molecule has 12 heteroatoms. The second kappa shape index (κ2) is 11.3. The quantitative estimate of drug-likeness (QED) is 0.224. The lowest BCUT2D eigenvalue weighted by Crippen LogP contribution is -2.52. The van der Waals surface area contributed by atoms with Crippen LogP contribution in [0.5, 0.6) is 23.0 Å². The summed E-state index contributed by atoms with van der Waals surface area (Å²) in [5.41, 5.74) is -0.433. The normalized spacial score (nSPS) is 17.1. The smallest absolute Gasteiger partial charge is 0.306 e. The van der Waals surface area contributed by atoms with Crippen LogP contribution in [0.2, 0.25) is 0 Å². The van der Waals surface area contributed by atoms with Gasteiger partial charge in [0.25, 0.3) is 0 Å². The van der Waals surface area contributed by atoms with Crippen molar-refractivity contribution in [2.45, 2.75) is 51.4 Å². The SMILES string of the molecule is COc1ccc(OC)c2cc3c(cc12)c(=O)c1c(OC)cc2c(c1n3C)[C@H](OC(C)=O)[C@H](OC(=O)CCC(=O)O)C(C)(C)O2. The number of aromatic nitrogens is 1. The minimum atomic E-state index is -1.24. The molecule has 1 aromatic heterocycles. The Kier molecular flexibility index (Phi) is 7.79. The number of carboxylic acid groups (broad SMARTS) is 1. The molecule has 0 saturated heterocycles. The van der Waals surface area contributed by atoms with Gasteiger partial charge in [-0.3, -0.25) is 19.2 Å². The summed E-state index contributed by atoms with van der Waals surface area (Å²) < 4.78 is 36.5. The maximum Gasteiger partial charge on any atom is 0.306 e. The summed E-state index contributed by atoms with van der Waals surface area (Å²) in [6.07, 6.45) is -3.24. The van der Waals surface area contributed by atoms with Crippen LogP contribution in [-0.2, 0) is 30.9 Å². The molecule has 1 aliphatic rings. The second-order valence-electron chi connectivity index (χ2n) is 11.0. The van der Waals surface area contributed by atoms with Crippen LogP contribution in [0.1, 0.15) is 45.3 Å². The monoisotopic (exact) mass is 607 g/mol. The number of pyridine rings is 1. The fourth-order valence-electron chi connectivity index (χ4n) is 5.89. The lowest BCUT2D eigenvalue weighted by Gasteiger charge is -2.43. The van der Waals surface area contributed by atoms with Gasteiger partial charge in [-0.25, -0.2) is 0 Å². The van der Waals surface area contributed by atoms with Crippen molar-refractivity contribution in [1.82, 2.24) is 4.57 Å². The molecule has 0 fully saturated rings. The third kappa shape index (κ3) is 4.99. The highest BCUT2D eigenvalue weighted by Gasteiger charge is 2.50. The molecule has 44 heavy (non-hydrogen) atoms. The lowest BCUT2D eigenvalue weighted by molar-refractivity contribution is -0.189. The number of aryl methyl sites for hydroxylation is 1. The van der Waals surface area contributed by atoms with Crippen molar-refractivity contribution in [2.75, 3.05) is 21.3 Å². The molecule has 2 heterocycles. The minimum Gasteiger partial charge on any atom is -0.496 e. The highest BCUT2D eigenvalue weighted by molar-refractivity contribution is 6.07. The van der Waals surface area contributed by atoms with Gasteiger partial charge in [-0.05, 0) is 38.1 Å². The van der Waals surface area contributed by atoms with Gasteiger partial charge in [-0.2, -0.15) is 0 Å². The van der Waals surface area contributed by atoms with Gasteiger partial charge in [0.15, 0.2) is 12.2 Å². The Bertz CT molecular complexity index is 1910. The molecule has 5 rings (SSSR count). The Morgan fingerprint density at radius 2 is 1.52 bits per heavy atom. The van der Waals surface area contributed by atoms with Gasteiger partial charge in [-0.1, -0.05) is 0 Å². The number of fused-ring (bicyclic) bond motifs is 5. The Hall–Kier alpha value is -5.00. The van der Waals surface area contributed by atoms with Crippen LogP contribution in [0.15, 0.2) is 35.1 Å². The molecule has 0 amide bonds. The Labute approximate surface area is 251 Å². The molecule has 3 aromatic carbocycles. The fourth-order valence-corrected chi connectivity index (χ4v) is 5.89. The van der Waals surface area contributed by atoms with Crippen molar-refractivity contribution in [3.63, 3.8) is 0 Å². The molecular weight excluding hydrogens is 574 g/mol. The van der Waals surface area contributed by atoms with Gasteiger partial charge in [0.2, 0.25) is 5.43 Å². The summed E-state index contributed by atoms with van der Waals surface area (Å²) >= 11 is 0. The first-order valence-electron chi connectivity index (χ1n) is 13.8. The van der Waals surface area contributed by atoms with E-state index in [-0.39, 0.29) is 22.3 Å². The molecule has 0 bridgehead atoms. The van der Waals surface area contributed by atoms with E-state index in [1.807, 2.05) is 6.07 Å². The van der Waals surface area contributed by atoms with Crippen LogP contribution in [-0.4, -0.2) is 60.6 Å². The fraction of sp³-hybridized carbons (Fsp3) is 0.375. The van der Waals surface area contributed by atoms with E-state index < -0.39 is 48.6 Å². The van der Waals surface area contributed by atoms with Gasteiger partial charge in [0.1, 0.15) is 28.6 Å². The van der Waals surface area contributed by atoms with Crippen LogP contribution >= 0.6 is 0 Å². The molecule has 4 aromatic rings. The first-order valence-corrected chi connectivity index (χ1v) is 13.8. The molecule has 232 valence electrons. The summed E-state index contributed by atoms with van der Waals surface area (Å²) in [6.45, 7) is 4.53. The average Bonchev–Trinajstić information content (AvgIpc) is 2.97. The predicted molar refractivity (Wildman–Crippen MR) is 160 cm³/mol. The number of carboxylic acids is 1. The number of carbonyl (C=O) groups excluding carboxylic acids is 2. The van der Waals surface area contributed by atoms with E-state index in [1.165, 1.54) is 14.0 Å². The minimum absolute atomic E-state index is 0.193. The molecule has 12 nitrogen and oxygen atoms in total. The van der Waals surface area contributed by atoms with Crippen molar-refractivity contribution >= 4 is 50.5 Å². The highest BCUT2D eigenvalue weighted by Crippen LogP contribution is 2.49. The highest BCUT2D eigenvalue weighted by atomic mass is 16.6. The number of hydrogen-bond donors (Lipinski definition) is 1. The number of rotatable bonds is 8. The number of ether oxygens (including phenoxy) is 6. The van der Waals surface area contributed by atoms with Crippen LogP contribution in [0.4, 0.5) is 0 Å². The molecule has 0 spiro atoms. The zero-order chi connectivity index (χ0) is 32.1. The van der Waals surface area contributed by atoms with Gasteiger partial charge in [0.05, 0.1) is 56.2 Å². The number of aliphatic carboxylic acids is 1. The first-order chi connectivity index (χ1) is 20.8. The topological polar surface area (TPSA) is 149 Å². The van der Waals surface area contributed by atoms with E-state index in [0.29, 0.717) is 44.3 Å². The van der Waals surface area contributed by atoms with E-state index in [2.05, 4.69) is 0 Å². The summed E-state index contributed by atoms with van der Waals surface area (Å²) in [7, 11) is 6.28. The third-order valence-corrected chi connectivity index (χ3v) is 7.86. The Morgan fingerprint density at radius 1 is 0.909 bits per heavy atom.